The van der Waals surface area contributed by atoms with Crippen LogP contribution >= 0.6 is 23.1 Å². The molecule has 2 aromatic rings. The molecule has 2 N–H and O–H groups in total. The fourth-order valence-electron chi connectivity index (χ4n) is 2.94. The van der Waals surface area contributed by atoms with Crippen molar-refractivity contribution < 1.29 is 9.59 Å². The van der Waals surface area contributed by atoms with E-state index < -0.39 is 0 Å². The van der Waals surface area contributed by atoms with Crippen molar-refractivity contribution in [3.63, 3.8) is 0 Å². The van der Waals surface area contributed by atoms with Crippen LogP contribution < -0.4 is 10.6 Å². The molecule has 3 rings (SSSR count). The van der Waals surface area contributed by atoms with Gasteiger partial charge in [0.2, 0.25) is 5.91 Å². The quantitative estimate of drug-likeness (QED) is 0.744. The van der Waals surface area contributed by atoms with E-state index in [4.69, 9.17) is 0 Å². The Morgan fingerprint density at radius 2 is 1.96 bits per heavy atom. The SMILES string of the molecule is CN(C(=O)c1ccc(NC(=O)CSc2cccs2)cc1)C1CCNCC1. The predicted octanol–water partition coefficient (Wildman–Crippen LogP) is 3.30. The van der Waals surface area contributed by atoms with Crippen LogP contribution in [-0.4, -0.2) is 48.6 Å². The molecule has 2 heterocycles. The number of amides is 2. The number of hydrogen-bond acceptors (Lipinski definition) is 5. The molecular formula is C19H23N3O2S2. The Labute approximate surface area is 162 Å². The summed E-state index contributed by atoms with van der Waals surface area (Å²) in [6.45, 7) is 1.91. The van der Waals surface area contributed by atoms with Gasteiger partial charge in [-0.05, 0) is 61.6 Å². The predicted molar refractivity (Wildman–Crippen MR) is 108 cm³/mol. The molecule has 0 spiro atoms. The Hall–Kier alpha value is -1.83. The number of carbonyl (C=O) groups is 2. The normalized spacial score (nSPS) is 14.8. The van der Waals surface area contributed by atoms with Crippen LogP contribution in [0.1, 0.15) is 23.2 Å². The molecule has 1 fully saturated rings. The Kier molecular flexibility index (Phi) is 6.71. The molecule has 0 unspecified atom stereocenters. The maximum Gasteiger partial charge on any atom is 0.253 e. The third-order valence-electron chi connectivity index (χ3n) is 4.43. The highest BCUT2D eigenvalue weighted by Gasteiger charge is 2.22. The third-order valence-corrected chi connectivity index (χ3v) is 6.56. The number of nitrogens with zero attached hydrogens (tertiary/aromatic N) is 1. The molecule has 1 aromatic heterocycles. The molecule has 0 atom stereocenters. The highest BCUT2D eigenvalue weighted by molar-refractivity contribution is 8.01. The fourth-order valence-corrected chi connectivity index (χ4v) is 4.52. The molecule has 1 aliphatic heterocycles. The summed E-state index contributed by atoms with van der Waals surface area (Å²) in [5.74, 6) is 0.358. The molecule has 0 saturated carbocycles. The van der Waals surface area contributed by atoms with Gasteiger partial charge in [0, 0.05) is 24.3 Å². The van der Waals surface area contributed by atoms with Gasteiger partial charge in [-0.15, -0.1) is 23.1 Å². The van der Waals surface area contributed by atoms with Gasteiger partial charge in [-0.2, -0.15) is 0 Å². The third kappa shape index (κ3) is 5.09. The van der Waals surface area contributed by atoms with E-state index in [1.165, 1.54) is 11.8 Å². The number of hydrogen-bond donors (Lipinski definition) is 2. The molecule has 1 saturated heterocycles. The summed E-state index contributed by atoms with van der Waals surface area (Å²) in [5.41, 5.74) is 1.36. The summed E-state index contributed by atoms with van der Waals surface area (Å²) in [5, 5.41) is 8.19. The van der Waals surface area contributed by atoms with Crippen molar-refractivity contribution in [1.29, 1.82) is 0 Å². The molecule has 1 aromatic carbocycles. The number of rotatable bonds is 6. The minimum absolute atomic E-state index is 0.0306. The largest absolute Gasteiger partial charge is 0.339 e. The lowest BCUT2D eigenvalue weighted by Crippen LogP contribution is -2.43. The van der Waals surface area contributed by atoms with Gasteiger partial charge in [0.1, 0.15) is 0 Å². The minimum atomic E-state index is -0.0469. The Morgan fingerprint density at radius 1 is 1.23 bits per heavy atom. The number of carbonyl (C=O) groups excluding carboxylic acids is 2. The van der Waals surface area contributed by atoms with Crippen LogP contribution in [0.3, 0.4) is 0 Å². The van der Waals surface area contributed by atoms with E-state index in [0.29, 0.717) is 17.0 Å². The second kappa shape index (κ2) is 9.21. The summed E-state index contributed by atoms with van der Waals surface area (Å²) < 4.78 is 1.13. The average Bonchev–Trinajstić information content (AvgIpc) is 3.20. The first-order valence-corrected chi connectivity index (χ1v) is 10.5. The maximum atomic E-state index is 12.6. The lowest BCUT2D eigenvalue weighted by Gasteiger charge is -2.31. The number of nitrogens with one attached hydrogen (secondary N) is 2. The zero-order chi connectivity index (χ0) is 18.4. The number of piperidine rings is 1. The van der Waals surface area contributed by atoms with Crippen LogP contribution in [0.2, 0.25) is 0 Å². The number of anilines is 1. The second-order valence-corrected chi connectivity index (χ2v) is 8.47. The van der Waals surface area contributed by atoms with Crippen LogP contribution in [0.25, 0.3) is 0 Å². The van der Waals surface area contributed by atoms with Gasteiger partial charge in [-0.1, -0.05) is 6.07 Å². The maximum absolute atomic E-state index is 12.6. The highest BCUT2D eigenvalue weighted by Crippen LogP contribution is 2.23. The van der Waals surface area contributed by atoms with Crippen molar-refractivity contribution in [2.24, 2.45) is 0 Å². The second-order valence-electron chi connectivity index (χ2n) is 6.24. The van der Waals surface area contributed by atoms with Crippen molar-refractivity contribution in [3.05, 3.63) is 47.3 Å². The highest BCUT2D eigenvalue weighted by atomic mass is 32.2. The van der Waals surface area contributed by atoms with Crippen molar-refractivity contribution in [2.75, 3.05) is 31.2 Å². The first-order chi connectivity index (χ1) is 12.6. The number of thiophene rings is 1. The van der Waals surface area contributed by atoms with Crippen molar-refractivity contribution in [1.82, 2.24) is 10.2 Å². The smallest absolute Gasteiger partial charge is 0.253 e. The zero-order valence-corrected chi connectivity index (χ0v) is 16.4. The first-order valence-electron chi connectivity index (χ1n) is 8.67. The van der Waals surface area contributed by atoms with Gasteiger partial charge in [-0.25, -0.2) is 0 Å². The van der Waals surface area contributed by atoms with Gasteiger partial charge >= 0.3 is 0 Å². The van der Waals surface area contributed by atoms with Gasteiger partial charge in [-0.3, -0.25) is 9.59 Å². The monoisotopic (exact) mass is 389 g/mol. The Morgan fingerprint density at radius 3 is 2.62 bits per heavy atom. The standard InChI is InChI=1S/C19H23N3O2S2/c1-22(16-8-10-20-11-9-16)19(24)14-4-6-15(7-5-14)21-17(23)13-26-18-3-2-12-25-18/h2-7,12,16,20H,8-11,13H2,1H3,(H,21,23). The summed E-state index contributed by atoms with van der Waals surface area (Å²) in [6.07, 6.45) is 1.97. The summed E-state index contributed by atoms with van der Waals surface area (Å²) in [4.78, 5) is 26.5. The molecular weight excluding hydrogens is 366 g/mol. The zero-order valence-electron chi connectivity index (χ0n) is 14.7. The molecule has 0 bridgehead atoms. The fraction of sp³-hybridized carbons (Fsp3) is 0.368. The molecule has 2 amide bonds. The van der Waals surface area contributed by atoms with Crippen molar-refractivity contribution in [3.8, 4) is 0 Å². The molecule has 0 radical (unpaired) electrons. The number of thioether (sulfide) groups is 1. The van der Waals surface area contributed by atoms with Gasteiger partial charge in [0.25, 0.3) is 5.91 Å². The van der Waals surface area contributed by atoms with Crippen LogP contribution in [0.5, 0.6) is 0 Å². The molecule has 0 aliphatic carbocycles. The van der Waals surface area contributed by atoms with E-state index in [1.807, 2.05) is 29.5 Å². The Bertz CT molecular complexity index is 726. The molecule has 1 aliphatic rings. The van der Waals surface area contributed by atoms with Crippen molar-refractivity contribution >= 4 is 40.6 Å². The lowest BCUT2D eigenvalue weighted by atomic mass is 10.0. The van der Waals surface area contributed by atoms with E-state index in [9.17, 15) is 9.59 Å². The van der Waals surface area contributed by atoms with Crippen LogP contribution in [0.4, 0.5) is 5.69 Å². The summed E-state index contributed by atoms with van der Waals surface area (Å²) in [6, 6.07) is 11.4. The summed E-state index contributed by atoms with van der Waals surface area (Å²) in [7, 11) is 1.87. The Balaban J connectivity index is 1.52. The van der Waals surface area contributed by atoms with Crippen LogP contribution in [0, 0.1) is 0 Å². The molecule has 138 valence electrons. The van der Waals surface area contributed by atoms with E-state index >= 15 is 0 Å². The van der Waals surface area contributed by atoms with E-state index in [2.05, 4.69) is 10.6 Å². The first kappa shape index (κ1) is 18.9. The van der Waals surface area contributed by atoms with Crippen molar-refractivity contribution in [2.45, 2.75) is 23.1 Å². The molecule has 7 heteroatoms. The van der Waals surface area contributed by atoms with Crippen LogP contribution in [0.15, 0.2) is 46.0 Å². The van der Waals surface area contributed by atoms with E-state index in [1.54, 1.807) is 35.6 Å². The van der Waals surface area contributed by atoms with Gasteiger partial charge in [0.15, 0.2) is 0 Å². The topological polar surface area (TPSA) is 61.4 Å². The molecule has 26 heavy (non-hydrogen) atoms. The molecule has 5 nitrogen and oxygen atoms in total. The van der Waals surface area contributed by atoms with Crippen LogP contribution in [-0.2, 0) is 4.79 Å². The lowest BCUT2D eigenvalue weighted by molar-refractivity contribution is -0.113. The number of benzene rings is 1. The van der Waals surface area contributed by atoms with Gasteiger partial charge in [0.05, 0.1) is 9.96 Å². The average molecular weight is 390 g/mol. The van der Waals surface area contributed by atoms with E-state index in [0.717, 1.165) is 30.1 Å². The van der Waals surface area contributed by atoms with E-state index in [-0.39, 0.29) is 17.9 Å². The minimum Gasteiger partial charge on any atom is -0.339 e. The van der Waals surface area contributed by atoms with Gasteiger partial charge < -0.3 is 15.5 Å². The summed E-state index contributed by atoms with van der Waals surface area (Å²) >= 11 is 3.15.